The number of amides is 3. The van der Waals surface area contributed by atoms with E-state index in [-0.39, 0.29) is 5.91 Å². The first kappa shape index (κ1) is 14.1. The zero-order valence-electron chi connectivity index (χ0n) is 12.0. The third-order valence-electron chi connectivity index (χ3n) is 4.18. The molecule has 1 fully saturated rings. The number of anilines is 1. The van der Waals surface area contributed by atoms with E-state index >= 15 is 0 Å². The molecule has 0 spiro atoms. The van der Waals surface area contributed by atoms with E-state index in [4.69, 9.17) is 5.26 Å². The predicted octanol–water partition coefficient (Wildman–Crippen LogP) is 2.42. The van der Waals surface area contributed by atoms with Crippen LogP contribution in [0.5, 0.6) is 0 Å². The summed E-state index contributed by atoms with van der Waals surface area (Å²) in [5, 5.41) is 11.6. The molecular formula is C15H17N3O2. The first-order valence-electron chi connectivity index (χ1n) is 6.37. The molecule has 1 aliphatic rings. The largest absolute Gasteiger partial charge is 0.331 e. The molecule has 0 aliphatic carbocycles. The highest BCUT2D eigenvalue weighted by molar-refractivity contribution is 6.18. The first-order chi connectivity index (χ1) is 9.20. The summed E-state index contributed by atoms with van der Waals surface area (Å²) in [5.41, 5.74) is -0.396. The standard InChI is InChI=1S/C15H17N3O2/c1-14(2)12(19)18(13(20)17-15(14,3)4)11-7-5-10(9-16)6-8-11/h5-8H,1-4H3,(H,17,20). The van der Waals surface area contributed by atoms with Crippen molar-refractivity contribution in [3.8, 4) is 6.07 Å². The van der Waals surface area contributed by atoms with E-state index in [1.165, 1.54) is 0 Å². The minimum absolute atomic E-state index is 0.254. The molecule has 1 heterocycles. The Labute approximate surface area is 118 Å². The minimum Gasteiger partial charge on any atom is -0.331 e. The van der Waals surface area contributed by atoms with Crippen LogP contribution in [0.3, 0.4) is 0 Å². The molecule has 2 rings (SSSR count). The Morgan fingerprint density at radius 3 is 2.15 bits per heavy atom. The van der Waals surface area contributed by atoms with Crippen LogP contribution in [-0.2, 0) is 4.79 Å². The van der Waals surface area contributed by atoms with Crippen molar-refractivity contribution >= 4 is 17.6 Å². The Morgan fingerprint density at radius 1 is 1.10 bits per heavy atom. The van der Waals surface area contributed by atoms with Crippen molar-refractivity contribution in [1.29, 1.82) is 5.26 Å². The van der Waals surface area contributed by atoms with Crippen LogP contribution in [0, 0.1) is 16.7 Å². The number of hydrogen-bond acceptors (Lipinski definition) is 3. The van der Waals surface area contributed by atoms with Crippen LogP contribution in [0.1, 0.15) is 33.3 Å². The van der Waals surface area contributed by atoms with E-state index < -0.39 is 17.0 Å². The Hall–Kier alpha value is -2.35. The van der Waals surface area contributed by atoms with E-state index in [1.54, 1.807) is 24.3 Å². The molecule has 0 bridgehead atoms. The molecule has 20 heavy (non-hydrogen) atoms. The number of hydrogen-bond donors (Lipinski definition) is 1. The molecule has 5 heteroatoms. The Morgan fingerprint density at radius 2 is 1.65 bits per heavy atom. The lowest BCUT2D eigenvalue weighted by Crippen LogP contribution is -2.69. The van der Waals surface area contributed by atoms with E-state index in [9.17, 15) is 9.59 Å². The molecule has 0 unspecified atom stereocenters. The number of nitriles is 1. The SMILES string of the molecule is CC1(C)NC(=O)N(c2ccc(C#N)cc2)C(=O)C1(C)C. The average molecular weight is 271 g/mol. The van der Waals surface area contributed by atoms with Crippen LogP contribution >= 0.6 is 0 Å². The highest BCUT2D eigenvalue weighted by Gasteiger charge is 2.52. The van der Waals surface area contributed by atoms with Crippen LogP contribution in [0.2, 0.25) is 0 Å². The summed E-state index contributed by atoms with van der Waals surface area (Å²) < 4.78 is 0. The maximum absolute atomic E-state index is 12.6. The summed E-state index contributed by atoms with van der Waals surface area (Å²) >= 11 is 0. The second kappa shape index (κ2) is 4.34. The zero-order valence-corrected chi connectivity index (χ0v) is 12.0. The first-order valence-corrected chi connectivity index (χ1v) is 6.37. The van der Waals surface area contributed by atoms with Gasteiger partial charge in [0.2, 0.25) is 5.91 Å². The molecule has 1 saturated heterocycles. The molecule has 1 N–H and O–H groups in total. The van der Waals surface area contributed by atoms with Crippen molar-refractivity contribution in [2.24, 2.45) is 5.41 Å². The second-order valence-corrected chi connectivity index (χ2v) is 5.98. The quantitative estimate of drug-likeness (QED) is 0.852. The van der Waals surface area contributed by atoms with Gasteiger partial charge in [0.25, 0.3) is 0 Å². The van der Waals surface area contributed by atoms with Crippen molar-refractivity contribution in [3.63, 3.8) is 0 Å². The monoisotopic (exact) mass is 271 g/mol. The van der Waals surface area contributed by atoms with E-state index in [0.29, 0.717) is 11.3 Å². The number of benzene rings is 1. The molecule has 1 aliphatic heterocycles. The summed E-state index contributed by atoms with van der Waals surface area (Å²) in [6.45, 7) is 7.29. The van der Waals surface area contributed by atoms with Crippen molar-refractivity contribution in [1.82, 2.24) is 5.32 Å². The molecule has 5 nitrogen and oxygen atoms in total. The topological polar surface area (TPSA) is 73.2 Å². The van der Waals surface area contributed by atoms with Crippen LogP contribution in [0.15, 0.2) is 24.3 Å². The van der Waals surface area contributed by atoms with Crippen molar-refractivity contribution in [2.45, 2.75) is 33.2 Å². The lowest BCUT2D eigenvalue weighted by Gasteiger charge is -2.48. The van der Waals surface area contributed by atoms with Gasteiger partial charge in [0.15, 0.2) is 0 Å². The van der Waals surface area contributed by atoms with Gasteiger partial charge in [-0.15, -0.1) is 0 Å². The smallest absolute Gasteiger partial charge is 0.329 e. The highest BCUT2D eigenvalue weighted by atomic mass is 16.2. The Bertz CT molecular complexity index is 609. The number of carbonyl (C=O) groups excluding carboxylic acids is 2. The summed E-state index contributed by atoms with van der Waals surface area (Å²) in [4.78, 5) is 26.0. The predicted molar refractivity (Wildman–Crippen MR) is 75.0 cm³/mol. The number of nitrogens with zero attached hydrogens (tertiary/aromatic N) is 2. The number of imide groups is 1. The number of carbonyl (C=O) groups is 2. The molecule has 1 aromatic rings. The fraction of sp³-hybridized carbons (Fsp3) is 0.400. The van der Waals surface area contributed by atoms with Crippen LogP contribution in [-0.4, -0.2) is 17.5 Å². The highest BCUT2D eigenvalue weighted by Crippen LogP contribution is 2.37. The van der Waals surface area contributed by atoms with Gasteiger partial charge in [-0.2, -0.15) is 5.26 Å². The average Bonchev–Trinajstić information content (AvgIpc) is 2.37. The Balaban J connectivity index is 2.44. The maximum atomic E-state index is 12.6. The van der Waals surface area contributed by atoms with Gasteiger partial charge in [-0.25, -0.2) is 9.69 Å². The van der Waals surface area contributed by atoms with E-state index in [2.05, 4.69) is 5.32 Å². The number of urea groups is 1. The molecule has 0 aromatic heterocycles. The summed E-state index contributed by atoms with van der Waals surface area (Å²) in [6, 6.07) is 7.94. The summed E-state index contributed by atoms with van der Waals surface area (Å²) in [7, 11) is 0. The van der Waals surface area contributed by atoms with Crippen LogP contribution < -0.4 is 10.2 Å². The molecule has 3 amide bonds. The van der Waals surface area contributed by atoms with Gasteiger partial charge >= 0.3 is 6.03 Å². The molecule has 104 valence electrons. The van der Waals surface area contributed by atoms with Gasteiger partial charge in [-0.1, -0.05) is 0 Å². The van der Waals surface area contributed by atoms with Gasteiger partial charge in [0.05, 0.1) is 28.3 Å². The fourth-order valence-electron chi connectivity index (χ4n) is 2.04. The molecule has 0 atom stereocenters. The molecule has 0 saturated carbocycles. The van der Waals surface area contributed by atoms with Gasteiger partial charge in [0, 0.05) is 0 Å². The van der Waals surface area contributed by atoms with E-state index in [0.717, 1.165) is 4.90 Å². The van der Waals surface area contributed by atoms with Crippen LogP contribution in [0.4, 0.5) is 10.5 Å². The van der Waals surface area contributed by atoms with Gasteiger partial charge in [-0.3, -0.25) is 4.79 Å². The Kier molecular flexibility index (Phi) is 3.05. The normalized spacial score (nSPS) is 20.2. The van der Waals surface area contributed by atoms with Gasteiger partial charge in [0.1, 0.15) is 0 Å². The fourth-order valence-corrected chi connectivity index (χ4v) is 2.04. The third kappa shape index (κ3) is 1.94. The summed E-state index contributed by atoms with van der Waals surface area (Å²) in [5.74, 6) is -0.254. The molecule has 1 aromatic carbocycles. The third-order valence-corrected chi connectivity index (χ3v) is 4.18. The lowest BCUT2D eigenvalue weighted by molar-refractivity contribution is -0.130. The van der Waals surface area contributed by atoms with Crippen molar-refractivity contribution in [3.05, 3.63) is 29.8 Å². The second-order valence-electron chi connectivity index (χ2n) is 5.98. The number of rotatable bonds is 1. The van der Waals surface area contributed by atoms with Crippen molar-refractivity contribution in [2.75, 3.05) is 4.90 Å². The van der Waals surface area contributed by atoms with Gasteiger partial charge in [-0.05, 0) is 52.0 Å². The van der Waals surface area contributed by atoms with Crippen LogP contribution in [0.25, 0.3) is 0 Å². The summed E-state index contributed by atoms with van der Waals surface area (Å²) in [6.07, 6.45) is 0. The van der Waals surface area contributed by atoms with Crippen molar-refractivity contribution < 1.29 is 9.59 Å². The molecular weight excluding hydrogens is 254 g/mol. The number of nitrogens with one attached hydrogen (secondary N) is 1. The zero-order chi connectivity index (χ0) is 15.1. The maximum Gasteiger partial charge on any atom is 0.329 e. The minimum atomic E-state index is -0.727. The molecule has 0 radical (unpaired) electrons. The lowest BCUT2D eigenvalue weighted by atomic mass is 9.72. The van der Waals surface area contributed by atoms with E-state index in [1.807, 2.05) is 33.8 Å². The van der Waals surface area contributed by atoms with Gasteiger partial charge < -0.3 is 5.32 Å².